The van der Waals surface area contributed by atoms with E-state index in [0.29, 0.717) is 22.9 Å². The van der Waals surface area contributed by atoms with Gasteiger partial charge in [0.1, 0.15) is 10.3 Å². The lowest BCUT2D eigenvalue weighted by Crippen LogP contribution is -2.38. The summed E-state index contributed by atoms with van der Waals surface area (Å²) in [7, 11) is 0. The highest BCUT2D eigenvalue weighted by atomic mass is 32.1. The summed E-state index contributed by atoms with van der Waals surface area (Å²) in [6.07, 6.45) is 4.95. The van der Waals surface area contributed by atoms with Gasteiger partial charge in [-0.25, -0.2) is 9.97 Å². The summed E-state index contributed by atoms with van der Waals surface area (Å²) in [5.74, 6) is 0.0738. The van der Waals surface area contributed by atoms with Crippen LogP contribution in [-0.2, 0) is 12.8 Å². The topological polar surface area (TPSA) is 128 Å². The number of carbonyl (C=O) groups is 2. The molecule has 1 fully saturated rings. The van der Waals surface area contributed by atoms with Crippen molar-refractivity contribution in [3.8, 4) is 0 Å². The lowest BCUT2D eigenvalue weighted by atomic mass is 9.71. The van der Waals surface area contributed by atoms with Gasteiger partial charge in [-0.2, -0.15) is 0 Å². The maximum Gasteiger partial charge on any atom is 0.280 e. The highest BCUT2D eigenvalue weighted by molar-refractivity contribution is 7.19. The zero-order chi connectivity index (χ0) is 29.9. The fraction of sp³-hybridized carbons (Fsp3) is 0.562. The number of benzene rings is 1. The van der Waals surface area contributed by atoms with Crippen molar-refractivity contribution in [2.75, 3.05) is 32.8 Å². The van der Waals surface area contributed by atoms with Crippen molar-refractivity contribution in [2.45, 2.75) is 71.4 Å². The van der Waals surface area contributed by atoms with Gasteiger partial charge in [-0.05, 0) is 79.2 Å². The molecule has 1 aliphatic carbocycles. The van der Waals surface area contributed by atoms with Crippen LogP contribution in [0.3, 0.4) is 0 Å². The van der Waals surface area contributed by atoms with E-state index in [0.717, 1.165) is 73.3 Å². The number of pyridine rings is 1. The minimum Gasteiger partial charge on any atom is -0.395 e. The van der Waals surface area contributed by atoms with Gasteiger partial charge >= 0.3 is 0 Å². The molecule has 42 heavy (non-hydrogen) atoms. The number of aliphatic hydroxyl groups excluding tert-OH is 2. The second-order valence-electron chi connectivity index (χ2n) is 12.7. The predicted octanol–water partition coefficient (Wildman–Crippen LogP) is 3.88. The van der Waals surface area contributed by atoms with Gasteiger partial charge < -0.3 is 25.7 Å². The molecule has 0 spiro atoms. The number of hydrogen-bond acceptors (Lipinski definition) is 8. The van der Waals surface area contributed by atoms with E-state index in [1.165, 1.54) is 16.9 Å². The van der Waals surface area contributed by atoms with Crippen molar-refractivity contribution in [2.24, 2.45) is 11.3 Å². The molecular weight excluding hydrogens is 550 g/mol. The molecule has 10 heteroatoms. The maximum atomic E-state index is 13.6. The fourth-order valence-electron chi connectivity index (χ4n) is 6.01. The van der Waals surface area contributed by atoms with E-state index in [-0.39, 0.29) is 42.5 Å². The summed E-state index contributed by atoms with van der Waals surface area (Å²) in [6, 6.07) is 9.06. The van der Waals surface area contributed by atoms with Crippen LogP contribution in [0.25, 0.3) is 10.3 Å². The molecule has 2 amide bonds. The van der Waals surface area contributed by atoms with Gasteiger partial charge in [0, 0.05) is 37.4 Å². The largest absolute Gasteiger partial charge is 0.395 e. The van der Waals surface area contributed by atoms with Crippen LogP contribution in [0.4, 0.5) is 0 Å². The lowest BCUT2D eigenvalue weighted by Gasteiger charge is -2.34. The van der Waals surface area contributed by atoms with Crippen LogP contribution in [0.1, 0.15) is 89.5 Å². The summed E-state index contributed by atoms with van der Waals surface area (Å²) in [4.78, 5) is 38.9. The molecule has 0 bridgehead atoms. The first-order valence-electron chi connectivity index (χ1n) is 15.1. The van der Waals surface area contributed by atoms with Crippen molar-refractivity contribution in [1.82, 2.24) is 25.5 Å². The molecule has 0 radical (unpaired) electrons. The Bertz CT molecular complexity index is 1410. The molecule has 0 saturated carbocycles. The molecule has 2 aliphatic rings. The molecule has 5 rings (SSSR count). The van der Waals surface area contributed by atoms with Crippen LogP contribution < -0.4 is 10.6 Å². The second-order valence-corrected chi connectivity index (χ2v) is 13.7. The average molecular weight is 594 g/mol. The third-order valence-corrected chi connectivity index (χ3v) is 9.68. The Morgan fingerprint density at radius 2 is 1.90 bits per heavy atom. The first kappa shape index (κ1) is 30.5. The Morgan fingerprint density at radius 1 is 1.12 bits per heavy atom. The molecule has 226 valence electrons. The smallest absolute Gasteiger partial charge is 0.280 e. The monoisotopic (exact) mass is 593 g/mol. The van der Waals surface area contributed by atoms with Crippen LogP contribution in [0, 0.1) is 11.3 Å². The summed E-state index contributed by atoms with van der Waals surface area (Å²) in [6.45, 7) is 9.31. The highest BCUT2D eigenvalue weighted by Gasteiger charge is 2.30. The van der Waals surface area contributed by atoms with E-state index in [9.17, 15) is 14.7 Å². The molecule has 9 nitrogen and oxygen atoms in total. The number of aryl methyl sites for hydroxylation is 1. The van der Waals surface area contributed by atoms with Crippen LogP contribution in [0.2, 0.25) is 0 Å². The van der Waals surface area contributed by atoms with Gasteiger partial charge in [-0.3, -0.25) is 9.59 Å². The Morgan fingerprint density at radius 3 is 2.64 bits per heavy atom. The minimum atomic E-state index is -0.337. The van der Waals surface area contributed by atoms with Crippen molar-refractivity contribution in [3.05, 3.63) is 57.7 Å². The minimum absolute atomic E-state index is 0.133. The van der Waals surface area contributed by atoms with Gasteiger partial charge in [0.2, 0.25) is 0 Å². The highest BCUT2D eigenvalue weighted by Crippen LogP contribution is 2.38. The van der Waals surface area contributed by atoms with Gasteiger partial charge in [0.25, 0.3) is 11.8 Å². The quantitative estimate of drug-likeness (QED) is 0.297. The van der Waals surface area contributed by atoms with Gasteiger partial charge in [0.15, 0.2) is 5.01 Å². The van der Waals surface area contributed by atoms with Crippen molar-refractivity contribution in [1.29, 1.82) is 0 Å². The number of aliphatic hydroxyl groups is 2. The maximum absolute atomic E-state index is 13.6. The zero-order valence-electron chi connectivity index (χ0n) is 24.9. The van der Waals surface area contributed by atoms with Crippen molar-refractivity contribution in [3.63, 3.8) is 0 Å². The molecule has 3 aromatic rings. The number of piperidine rings is 1. The molecule has 1 unspecified atom stereocenters. The molecular formula is C32H43N5O4S. The molecule has 2 atom stereocenters. The Labute approximate surface area is 251 Å². The number of fused-ring (bicyclic) bond motifs is 2. The fourth-order valence-corrected chi connectivity index (χ4v) is 6.86. The first-order chi connectivity index (χ1) is 20.1. The van der Waals surface area contributed by atoms with E-state index in [1.807, 2.05) is 12.1 Å². The predicted molar refractivity (Wildman–Crippen MR) is 165 cm³/mol. The number of nitrogens with one attached hydrogen (secondary N) is 2. The lowest BCUT2D eigenvalue weighted by molar-refractivity contribution is 0.0795. The number of likely N-dealkylation sites (tertiary alicyclic amines) is 1. The summed E-state index contributed by atoms with van der Waals surface area (Å²) >= 11 is 1.32. The third-order valence-electron chi connectivity index (χ3n) is 8.71. The number of aromatic nitrogens is 2. The molecule has 1 aromatic carbocycles. The van der Waals surface area contributed by atoms with Crippen LogP contribution in [-0.4, -0.2) is 75.8 Å². The van der Waals surface area contributed by atoms with E-state index in [2.05, 4.69) is 42.4 Å². The molecule has 3 heterocycles. The molecule has 2 aromatic heterocycles. The summed E-state index contributed by atoms with van der Waals surface area (Å²) in [5, 5.41) is 25.3. The number of carbonyl (C=O) groups excluding carboxylic acids is 2. The number of amides is 2. The van der Waals surface area contributed by atoms with Crippen LogP contribution >= 0.6 is 11.3 Å². The Balaban J connectivity index is 1.35. The Kier molecular flexibility index (Phi) is 9.57. The normalized spacial score (nSPS) is 18.9. The van der Waals surface area contributed by atoms with Crippen LogP contribution in [0.5, 0.6) is 0 Å². The van der Waals surface area contributed by atoms with E-state index in [1.54, 1.807) is 12.1 Å². The number of rotatable bonds is 9. The SMILES string of the molecule is CC(C)(C)[C@H]1CCc2nc3sc(C(=O)NC(CCN4CCC(O)CC4)c4cccc(C(=O)NCCO)c4)nc3cc2C1. The van der Waals surface area contributed by atoms with Gasteiger partial charge in [-0.15, -0.1) is 0 Å². The zero-order valence-corrected chi connectivity index (χ0v) is 25.7. The van der Waals surface area contributed by atoms with Gasteiger partial charge in [0.05, 0.1) is 18.8 Å². The average Bonchev–Trinajstić information content (AvgIpc) is 3.40. The third kappa shape index (κ3) is 7.34. The van der Waals surface area contributed by atoms with E-state index < -0.39 is 0 Å². The summed E-state index contributed by atoms with van der Waals surface area (Å²) in [5.41, 5.74) is 4.68. The number of nitrogens with zero attached hydrogens (tertiary/aromatic N) is 3. The van der Waals surface area contributed by atoms with Crippen molar-refractivity contribution >= 4 is 33.5 Å². The molecule has 4 N–H and O–H groups in total. The number of thiazole rings is 1. The standard InChI is InChI=1S/C32H43N5O4S/c1-32(2,3)23-7-8-25-22(18-23)19-27-30(35-25)42-31(36-27)29(41)34-26(11-15-37-13-9-24(39)10-14-37)20-5-4-6-21(17-20)28(40)33-12-16-38/h4-6,17,19,23-24,26,38-39H,7-16,18H2,1-3H3,(H,33,40)(H,34,41)/t23-,26?/m0/s1. The number of hydrogen-bond donors (Lipinski definition) is 4. The molecule has 1 aliphatic heterocycles. The van der Waals surface area contributed by atoms with Crippen molar-refractivity contribution < 1.29 is 19.8 Å². The Hall–Kier alpha value is -2.92. The van der Waals surface area contributed by atoms with E-state index in [4.69, 9.17) is 15.1 Å². The summed E-state index contributed by atoms with van der Waals surface area (Å²) < 4.78 is 0. The molecule has 1 saturated heterocycles. The first-order valence-corrected chi connectivity index (χ1v) is 15.9. The van der Waals surface area contributed by atoms with Gasteiger partial charge in [-0.1, -0.05) is 44.2 Å². The van der Waals surface area contributed by atoms with Crippen LogP contribution in [0.15, 0.2) is 30.3 Å². The second kappa shape index (κ2) is 13.2. The van der Waals surface area contributed by atoms with E-state index >= 15 is 0 Å².